The van der Waals surface area contributed by atoms with Crippen molar-refractivity contribution in [3.63, 3.8) is 0 Å². The van der Waals surface area contributed by atoms with E-state index in [1.165, 1.54) is 6.08 Å². The highest BCUT2D eigenvalue weighted by Gasteiger charge is 2.08. The van der Waals surface area contributed by atoms with Crippen LogP contribution in [0.5, 0.6) is 0 Å². The molecule has 0 aliphatic heterocycles. The number of halogens is 2. The Hall–Kier alpha value is -2.45. The molecule has 0 unspecified atom stereocenters. The average molecular weight is 482 g/mol. The van der Waals surface area contributed by atoms with Gasteiger partial charge in [-0.05, 0) is 48.0 Å². The van der Waals surface area contributed by atoms with Crippen LogP contribution in [-0.4, -0.2) is 24.4 Å². The molecule has 0 atom stereocenters. The third-order valence-corrected chi connectivity index (χ3v) is 4.11. The summed E-state index contributed by atoms with van der Waals surface area (Å²) in [5.74, 6) is -1.80. The molecule has 2 amide bonds. The van der Waals surface area contributed by atoms with E-state index in [9.17, 15) is 14.4 Å². The molecular formula is C18H14Br2N2O4. The number of rotatable bonds is 5. The van der Waals surface area contributed by atoms with Gasteiger partial charge in [0.1, 0.15) is 0 Å². The highest BCUT2D eigenvalue weighted by atomic mass is 79.9. The first-order valence-corrected chi connectivity index (χ1v) is 8.98. The maximum atomic E-state index is 11.8. The first kappa shape index (κ1) is 19.9. The van der Waals surface area contributed by atoms with Crippen LogP contribution in [0, 0.1) is 0 Å². The monoisotopic (exact) mass is 480 g/mol. The van der Waals surface area contributed by atoms with E-state index in [1.54, 1.807) is 30.3 Å². The summed E-state index contributed by atoms with van der Waals surface area (Å²) in [7, 11) is 0. The molecule has 6 nitrogen and oxygen atoms in total. The summed E-state index contributed by atoms with van der Waals surface area (Å²) in [6.45, 7) is -0.510. The molecule has 0 bridgehead atoms. The molecule has 0 radical (unpaired) electrons. The first-order valence-electron chi connectivity index (χ1n) is 7.39. The number of carbonyl (C=O) groups is 3. The van der Waals surface area contributed by atoms with Crippen molar-refractivity contribution in [2.24, 2.45) is 0 Å². The van der Waals surface area contributed by atoms with Crippen molar-refractivity contribution < 1.29 is 19.1 Å². The van der Waals surface area contributed by atoms with Crippen molar-refractivity contribution in [3.8, 4) is 0 Å². The van der Waals surface area contributed by atoms with Gasteiger partial charge in [0.25, 0.3) is 11.8 Å². The maximum Gasteiger partial charge on any atom is 0.331 e. The summed E-state index contributed by atoms with van der Waals surface area (Å²) in [5.41, 5.74) is 5.61. The Kier molecular flexibility index (Phi) is 7.55. The lowest BCUT2D eigenvalue weighted by atomic mass is 10.2. The number of esters is 1. The maximum absolute atomic E-state index is 11.8. The van der Waals surface area contributed by atoms with Crippen molar-refractivity contribution in [3.05, 3.63) is 74.7 Å². The molecule has 2 N–H and O–H groups in total. The summed E-state index contributed by atoms with van der Waals surface area (Å²) in [5, 5.41) is 0. The predicted molar refractivity (Wildman–Crippen MR) is 104 cm³/mol. The topological polar surface area (TPSA) is 84.5 Å². The third kappa shape index (κ3) is 6.81. The van der Waals surface area contributed by atoms with Crippen LogP contribution in [0.15, 0.2) is 63.6 Å². The number of carbonyl (C=O) groups excluding carboxylic acids is 3. The SMILES string of the molecule is O=C(COC(=O)/C=C/c1ccc(Br)cc1)NNC(=O)c1ccc(Br)cc1. The zero-order chi connectivity index (χ0) is 18.9. The molecule has 2 aromatic rings. The van der Waals surface area contributed by atoms with Crippen molar-refractivity contribution >= 4 is 55.7 Å². The lowest BCUT2D eigenvalue weighted by Crippen LogP contribution is -2.43. The van der Waals surface area contributed by atoms with E-state index in [-0.39, 0.29) is 0 Å². The van der Waals surface area contributed by atoms with E-state index in [1.807, 2.05) is 24.3 Å². The van der Waals surface area contributed by atoms with Crippen LogP contribution in [0.25, 0.3) is 6.08 Å². The number of amides is 2. The van der Waals surface area contributed by atoms with Gasteiger partial charge >= 0.3 is 5.97 Å². The van der Waals surface area contributed by atoms with Gasteiger partial charge < -0.3 is 4.74 Å². The molecule has 0 saturated carbocycles. The molecule has 0 aliphatic carbocycles. The number of nitrogens with one attached hydrogen (secondary N) is 2. The quantitative estimate of drug-likeness (QED) is 0.390. The van der Waals surface area contributed by atoms with Crippen LogP contribution in [0.3, 0.4) is 0 Å². The van der Waals surface area contributed by atoms with Crippen molar-refractivity contribution in [2.45, 2.75) is 0 Å². The van der Waals surface area contributed by atoms with E-state index in [4.69, 9.17) is 4.74 Å². The van der Waals surface area contributed by atoms with Gasteiger partial charge in [-0.1, -0.05) is 44.0 Å². The molecule has 134 valence electrons. The summed E-state index contributed by atoms with van der Waals surface area (Å²) >= 11 is 6.58. The summed E-state index contributed by atoms with van der Waals surface area (Å²) < 4.78 is 6.56. The summed E-state index contributed by atoms with van der Waals surface area (Å²) in [4.78, 5) is 35.0. The molecule has 0 heterocycles. The van der Waals surface area contributed by atoms with Crippen LogP contribution in [0.4, 0.5) is 0 Å². The molecule has 0 fully saturated rings. The smallest absolute Gasteiger partial charge is 0.331 e. The van der Waals surface area contributed by atoms with Gasteiger partial charge in [0, 0.05) is 20.6 Å². The molecular weight excluding hydrogens is 468 g/mol. The first-order chi connectivity index (χ1) is 12.4. The second-order valence-corrected chi connectivity index (χ2v) is 6.83. The lowest BCUT2D eigenvalue weighted by molar-refractivity contribution is -0.144. The molecule has 2 rings (SSSR count). The second-order valence-electron chi connectivity index (χ2n) is 5.00. The highest BCUT2D eigenvalue weighted by Crippen LogP contribution is 2.11. The van der Waals surface area contributed by atoms with Crippen LogP contribution >= 0.6 is 31.9 Å². The summed E-state index contributed by atoms with van der Waals surface area (Å²) in [6.07, 6.45) is 2.79. The minimum absolute atomic E-state index is 0.378. The van der Waals surface area contributed by atoms with Gasteiger partial charge in [-0.2, -0.15) is 0 Å². The standard InChI is InChI=1S/C18H14Br2N2O4/c19-14-6-1-12(2-7-14)3-10-17(24)26-11-16(23)21-22-18(25)13-4-8-15(20)9-5-13/h1-10H,11H2,(H,21,23)(H,22,25)/b10-3+. The molecule has 8 heteroatoms. The number of hydrogen-bond donors (Lipinski definition) is 2. The minimum atomic E-state index is -0.665. The Morgan fingerprint density at radius 3 is 2.08 bits per heavy atom. The highest BCUT2D eigenvalue weighted by molar-refractivity contribution is 9.10. The Balaban J connectivity index is 1.72. The fourth-order valence-electron chi connectivity index (χ4n) is 1.76. The van der Waals surface area contributed by atoms with Gasteiger partial charge in [-0.3, -0.25) is 20.4 Å². The molecule has 0 aliphatic rings. The van der Waals surface area contributed by atoms with Gasteiger partial charge in [-0.25, -0.2) is 4.79 Å². The van der Waals surface area contributed by atoms with Gasteiger partial charge in [0.15, 0.2) is 6.61 Å². The Morgan fingerprint density at radius 1 is 0.885 bits per heavy atom. The van der Waals surface area contributed by atoms with Crippen molar-refractivity contribution in [1.29, 1.82) is 0 Å². The van der Waals surface area contributed by atoms with E-state index < -0.39 is 24.4 Å². The zero-order valence-corrected chi connectivity index (χ0v) is 16.5. The van der Waals surface area contributed by atoms with Crippen LogP contribution in [0.2, 0.25) is 0 Å². The molecule has 0 saturated heterocycles. The van der Waals surface area contributed by atoms with Crippen LogP contribution in [-0.2, 0) is 14.3 Å². The molecule has 26 heavy (non-hydrogen) atoms. The number of hydrazine groups is 1. The fraction of sp³-hybridized carbons (Fsp3) is 0.0556. The number of benzene rings is 2. The van der Waals surface area contributed by atoms with E-state index in [0.29, 0.717) is 5.56 Å². The van der Waals surface area contributed by atoms with Crippen LogP contribution in [0.1, 0.15) is 15.9 Å². The van der Waals surface area contributed by atoms with Crippen LogP contribution < -0.4 is 10.9 Å². The number of ether oxygens (including phenoxy) is 1. The lowest BCUT2D eigenvalue weighted by Gasteiger charge is -2.07. The zero-order valence-electron chi connectivity index (χ0n) is 13.4. The Morgan fingerprint density at radius 2 is 1.46 bits per heavy atom. The van der Waals surface area contributed by atoms with E-state index in [0.717, 1.165) is 14.5 Å². The van der Waals surface area contributed by atoms with E-state index in [2.05, 4.69) is 42.7 Å². The minimum Gasteiger partial charge on any atom is -0.452 e. The normalized spacial score (nSPS) is 10.4. The average Bonchev–Trinajstić information content (AvgIpc) is 2.64. The van der Waals surface area contributed by atoms with Gasteiger partial charge in [-0.15, -0.1) is 0 Å². The largest absolute Gasteiger partial charge is 0.452 e. The van der Waals surface area contributed by atoms with Crippen molar-refractivity contribution in [1.82, 2.24) is 10.9 Å². The fourth-order valence-corrected chi connectivity index (χ4v) is 2.29. The summed E-state index contributed by atoms with van der Waals surface area (Å²) in [6, 6.07) is 13.9. The van der Waals surface area contributed by atoms with E-state index >= 15 is 0 Å². The second kappa shape index (κ2) is 9.88. The molecule has 0 aromatic heterocycles. The Bertz CT molecular complexity index is 818. The van der Waals surface area contributed by atoms with Gasteiger partial charge in [0.05, 0.1) is 0 Å². The van der Waals surface area contributed by atoms with Crippen molar-refractivity contribution in [2.75, 3.05) is 6.61 Å². The third-order valence-electron chi connectivity index (χ3n) is 3.05. The Labute approximate surface area is 166 Å². The molecule has 0 spiro atoms. The number of hydrogen-bond acceptors (Lipinski definition) is 4. The predicted octanol–water partition coefficient (Wildman–Crippen LogP) is 3.23. The van der Waals surface area contributed by atoms with Gasteiger partial charge in [0.2, 0.25) is 0 Å². The molecule has 2 aromatic carbocycles.